The molecule has 0 atom stereocenters. The minimum atomic E-state index is -0.179. The molecule has 5 heteroatoms. The molecular formula is C16H13BrN2O2. The van der Waals surface area contributed by atoms with Crippen LogP contribution in [0.4, 0.5) is 5.69 Å². The first kappa shape index (κ1) is 15.1. The van der Waals surface area contributed by atoms with Gasteiger partial charge in [0.15, 0.2) is 0 Å². The molecular weight excluding hydrogens is 332 g/mol. The maximum atomic E-state index is 12.1. The lowest BCUT2D eigenvalue weighted by Crippen LogP contribution is -2.15. The van der Waals surface area contributed by atoms with E-state index in [0.29, 0.717) is 17.0 Å². The maximum absolute atomic E-state index is 12.1. The lowest BCUT2D eigenvalue weighted by atomic mass is 10.1. The number of carbonyl (C=O) groups excluding carboxylic acids is 1. The van der Waals surface area contributed by atoms with Gasteiger partial charge in [-0.3, -0.25) is 4.79 Å². The summed E-state index contributed by atoms with van der Waals surface area (Å²) < 4.78 is 5.92. The number of rotatable bonds is 4. The predicted octanol–water partition coefficient (Wildman–Crippen LogP) is 3.51. The predicted molar refractivity (Wildman–Crippen MR) is 84.2 cm³/mol. The third-order valence-electron chi connectivity index (χ3n) is 2.87. The van der Waals surface area contributed by atoms with Crippen LogP contribution in [0.25, 0.3) is 0 Å². The fourth-order valence-corrected chi connectivity index (χ4v) is 2.24. The molecule has 2 rings (SSSR count). The van der Waals surface area contributed by atoms with Crippen LogP contribution in [0.15, 0.2) is 46.9 Å². The minimum Gasteiger partial charge on any atom is -0.497 e. The lowest BCUT2D eigenvalue weighted by Gasteiger charge is -2.08. The van der Waals surface area contributed by atoms with Crippen LogP contribution in [0.3, 0.4) is 0 Å². The van der Waals surface area contributed by atoms with Crippen molar-refractivity contribution in [3.63, 3.8) is 0 Å². The molecule has 2 aromatic rings. The standard InChI is InChI=1S/C16H13BrN2O2/c1-21-14-4-2-3-11(7-14)8-16(20)19-15-6-5-13(17)9-12(15)10-18/h2-7,9H,8H2,1H3,(H,19,20). The van der Waals surface area contributed by atoms with Gasteiger partial charge in [-0.1, -0.05) is 28.1 Å². The number of nitriles is 1. The number of anilines is 1. The van der Waals surface area contributed by atoms with E-state index in [0.717, 1.165) is 10.0 Å². The number of halogens is 1. The largest absolute Gasteiger partial charge is 0.497 e. The maximum Gasteiger partial charge on any atom is 0.228 e. The number of ether oxygens (including phenoxy) is 1. The van der Waals surface area contributed by atoms with Crippen LogP contribution in [0, 0.1) is 11.3 Å². The monoisotopic (exact) mass is 344 g/mol. The quantitative estimate of drug-likeness (QED) is 0.922. The van der Waals surface area contributed by atoms with E-state index in [2.05, 4.69) is 27.3 Å². The fourth-order valence-electron chi connectivity index (χ4n) is 1.88. The van der Waals surface area contributed by atoms with Gasteiger partial charge >= 0.3 is 0 Å². The molecule has 4 nitrogen and oxygen atoms in total. The second-order valence-corrected chi connectivity index (χ2v) is 5.29. The zero-order valence-corrected chi connectivity index (χ0v) is 13.0. The van der Waals surface area contributed by atoms with Crippen LogP contribution in [-0.2, 0) is 11.2 Å². The Kier molecular flexibility index (Phi) is 4.96. The second kappa shape index (κ2) is 6.91. The second-order valence-electron chi connectivity index (χ2n) is 4.38. The number of amides is 1. The van der Waals surface area contributed by atoms with E-state index in [1.165, 1.54) is 0 Å². The van der Waals surface area contributed by atoms with Gasteiger partial charge in [-0.15, -0.1) is 0 Å². The average Bonchev–Trinajstić information content (AvgIpc) is 2.49. The van der Waals surface area contributed by atoms with Crippen LogP contribution in [0.1, 0.15) is 11.1 Å². The van der Waals surface area contributed by atoms with Crippen molar-refractivity contribution in [3.8, 4) is 11.8 Å². The molecule has 0 unspecified atom stereocenters. The van der Waals surface area contributed by atoms with Crippen LogP contribution in [-0.4, -0.2) is 13.0 Å². The average molecular weight is 345 g/mol. The van der Waals surface area contributed by atoms with Gasteiger partial charge in [0.05, 0.1) is 24.8 Å². The van der Waals surface area contributed by atoms with E-state index in [1.807, 2.05) is 24.3 Å². The summed E-state index contributed by atoms with van der Waals surface area (Å²) in [5, 5.41) is 11.8. The Morgan fingerprint density at radius 2 is 2.14 bits per heavy atom. The highest BCUT2D eigenvalue weighted by atomic mass is 79.9. The van der Waals surface area contributed by atoms with E-state index >= 15 is 0 Å². The molecule has 0 aliphatic carbocycles. The molecule has 1 N–H and O–H groups in total. The summed E-state index contributed by atoms with van der Waals surface area (Å²) in [7, 11) is 1.58. The van der Waals surface area contributed by atoms with Crippen molar-refractivity contribution >= 4 is 27.5 Å². The van der Waals surface area contributed by atoms with Crippen molar-refractivity contribution in [1.82, 2.24) is 0 Å². The summed E-state index contributed by atoms with van der Waals surface area (Å²) >= 11 is 3.30. The van der Waals surface area contributed by atoms with Gasteiger partial charge in [0.2, 0.25) is 5.91 Å². The van der Waals surface area contributed by atoms with Crippen LogP contribution < -0.4 is 10.1 Å². The van der Waals surface area contributed by atoms with Crippen molar-refractivity contribution < 1.29 is 9.53 Å². The van der Waals surface area contributed by atoms with Crippen molar-refractivity contribution in [2.45, 2.75) is 6.42 Å². The Morgan fingerprint density at radius 1 is 1.33 bits per heavy atom. The highest BCUT2D eigenvalue weighted by Crippen LogP contribution is 2.21. The Morgan fingerprint density at radius 3 is 2.86 bits per heavy atom. The van der Waals surface area contributed by atoms with Crippen molar-refractivity contribution in [2.24, 2.45) is 0 Å². The molecule has 0 aliphatic rings. The number of hydrogen-bond acceptors (Lipinski definition) is 3. The van der Waals surface area contributed by atoms with Crippen LogP contribution in [0.5, 0.6) is 5.75 Å². The van der Waals surface area contributed by atoms with Crippen molar-refractivity contribution in [2.75, 3.05) is 12.4 Å². The molecule has 0 spiro atoms. The van der Waals surface area contributed by atoms with Gasteiger partial charge in [-0.2, -0.15) is 5.26 Å². The Balaban J connectivity index is 2.10. The molecule has 0 bridgehead atoms. The van der Waals surface area contributed by atoms with Gasteiger partial charge in [-0.05, 0) is 35.9 Å². The third kappa shape index (κ3) is 4.07. The van der Waals surface area contributed by atoms with Gasteiger partial charge in [-0.25, -0.2) is 0 Å². The van der Waals surface area contributed by atoms with Crippen LogP contribution in [0.2, 0.25) is 0 Å². The highest BCUT2D eigenvalue weighted by molar-refractivity contribution is 9.10. The summed E-state index contributed by atoms with van der Waals surface area (Å²) in [6, 6.07) is 14.5. The summed E-state index contributed by atoms with van der Waals surface area (Å²) in [4.78, 5) is 12.1. The number of carbonyl (C=O) groups is 1. The van der Waals surface area contributed by atoms with E-state index < -0.39 is 0 Å². The first-order valence-electron chi connectivity index (χ1n) is 6.25. The number of benzene rings is 2. The molecule has 2 aromatic carbocycles. The van der Waals surface area contributed by atoms with E-state index in [1.54, 1.807) is 25.3 Å². The normalized spacial score (nSPS) is 9.76. The number of nitrogens with one attached hydrogen (secondary N) is 1. The summed E-state index contributed by atoms with van der Waals surface area (Å²) in [5.41, 5.74) is 1.78. The number of hydrogen-bond donors (Lipinski definition) is 1. The van der Waals surface area contributed by atoms with E-state index in [4.69, 9.17) is 10.00 Å². The first-order valence-corrected chi connectivity index (χ1v) is 7.04. The summed E-state index contributed by atoms with van der Waals surface area (Å²) in [5.74, 6) is 0.531. The minimum absolute atomic E-state index is 0.179. The lowest BCUT2D eigenvalue weighted by molar-refractivity contribution is -0.115. The SMILES string of the molecule is COc1cccc(CC(=O)Nc2ccc(Br)cc2C#N)c1. The highest BCUT2D eigenvalue weighted by Gasteiger charge is 2.08. The van der Waals surface area contributed by atoms with Crippen molar-refractivity contribution in [3.05, 3.63) is 58.1 Å². The topological polar surface area (TPSA) is 62.1 Å². The van der Waals surface area contributed by atoms with E-state index in [9.17, 15) is 4.79 Å². The molecule has 1 amide bonds. The van der Waals surface area contributed by atoms with Gasteiger partial charge in [0, 0.05) is 4.47 Å². The van der Waals surface area contributed by atoms with Crippen LogP contribution >= 0.6 is 15.9 Å². The summed E-state index contributed by atoms with van der Waals surface area (Å²) in [6.07, 6.45) is 0.220. The van der Waals surface area contributed by atoms with E-state index in [-0.39, 0.29) is 12.3 Å². The third-order valence-corrected chi connectivity index (χ3v) is 3.37. The van der Waals surface area contributed by atoms with Gasteiger partial charge in [0.25, 0.3) is 0 Å². The van der Waals surface area contributed by atoms with Gasteiger partial charge in [0.1, 0.15) is 11.8 Å². The smallest absolute Gasteiger partial charge is 0.228 e. The van der Waals surface area contributed by atoms with Crippen molar-refractivity contribution in [1.29, 1.82) is 5.26 Å². The molecule has 106 valence electrons. The molecule has 0 heterocycles. The molecule has 0 fully saturated rings. The van der Waals surface area contributed by atoms with Gasteiger partial charge < -0.3 is 10.1 Å². The number of methoxy groups -OCH3 is 1. The molecule has 0 saturated carbocycles. The molecule has 0 aliphatic heterocycles. The first-order chi connectivity index (χ1) is 10.1. The molecule has 0 aromatic heterocycles. The zero-order valence-electron chi connectivity index (χ0n) is 11.4. The Labute approximate surface area is 131 Å². The Bertz CT molecular complexity index is 708. The molecule has 0 saturated heterocycles. The zero-order chi connectivity index (χ0) is 15.2. The molecule has 0 radical (unpaired) electrons. The molecule has 21 heavy (non-hydrogen) atoms. The summed E-state index contributed by atoms with van der Waals surface area (Å²) in [6.45, 7) is 0. The fraction of sp³-hybridized carbons (Fsp3) is 0.125. The Hall–Kier alpha value is -2.32. The number of nitrogens with zero attached hydrogens (tertiary/aromatic N) is 1.